The molecule has 0 radical (unpaired) electrons. The maximum absolute atomic E-state index is 3.50. The zero-order chi connectivity index (χ0) is 15.7. The van der Waals surface area contributed by atoms with E-state index in [-0.39, 0.29) is 0 Å². The van der Waals surface area contributed by atoms with Crippen LogP contribution in [0.2, 0.25) is 0 Å². The van der Waals surface area contributed by atoms with Crippen LogP contribution >= 0.6 is 15.9 Å². The van der Waals surface area contributed by atoms with Gasteiger partial charge in [0.2, 0.25) is 0 Å². The van der Waals surface area contributed by atoms with Gasteiger partial charge in [-0.15, -0.1) is 0 Å². The normalized spacial score (nSPS) is 10.7. The molecule has 0 nitrogen and oxygen atoms in total. The highest BCUT2D eigenvalue weighted by Crippen LogP contribution is 2.32. The minimum atomic E-state index is 1.11. The van der Waals surface area contributed by atoms with Gasteiger partial charge in [-0.1, -0.05) is 69.9 Å². The molecule has 0 bridgehead atoms. The number of hydrogen-bond acceptors (Lipinski definition) is 0. The summed E-state index contributed by atoms with van der Waals surface area (Å²) < 4.78 is 1.11. The lowest BCUT2D eigenvalue weighted by Gasteiger charge is -2.13. The summed E-state index contributed by atoms with van der Waals surface area (Å²) in [5.74, 6) is 0. The van der Waals surface area contributed by atoms with Gasteiger partial charge >= 0.3 is 0 Å². The Balaban J connectivity index is 2.08. The van der Waals surface area contributed by atoms with Crippen LogP contribution in [0, 0.1) is 13.8 Å². The van der Waals surface area contributed by atoms with Crippen LogP contribution in [0.1, 0.15) is 11.1 Å². The van der Waals surface area contributed by atoms with Gasteiger partial charge in [0.1, 0.15) is 7.85 Å². The number of hydrogen-bond donors (Lipinski definition) is 0. The lowest BCUT2D eigenvalue weighted by molar-refractivity contribution is 1.39. The van der Waals surface area contributed by atoms with Crippen LogP contribution in [0.25, 0.3) is 22.3 Å². The molecule has 0 heterocycles. The molecule has 108 valence electrons. The standard InChI is InChI=1S/C20H18BBr/c1-13-12-20(16-5-9-18(22)10-6-16)14(2)11-19(13)15-3-7-17(21)8-4-15/h3-12H,21H2,1-2H3. The lowest BCUT2D eigenvalue weighted by atomic mass is 9.89. The molecule has 2 heteroatoms. The predicted octanol–water partition coefficient (Wildman–Crippen LogP) is 4.66. The maximum Gasteiger partial charge on any atom is 0.139 e. The molecule has 3 rings (SSSR count). The van der Waals surface area contributed by atoms with Gasteiger partial charge in [0.15, 0.2) is 0 Å². The molecule has 0 aliphatic carbocycles. The largest absolute Gasteiger partial charge is 0.139 e. The summed E-state index contributed by atoms with van der Waals surface area (Å²) in [6.45, 7) is 4.38. The number of halogens is 1. The van der Waals surface area contributed by atoms with Crippen LogP contribution in [0.4, 0.5) is 0 Å². The van der Waals surface area contributed by atoms with E-state index in [1.54, 1.807) is 0 Å². The van der Waals surface area contributed by atoms with Crippen molar-refractivity contribution in [3.8, 4) is 22.3 Å². The number of aryl methyl sites for hydroxylation is 2. The van der Waals surface area contributed by atoms with Crippen molar-refractivity contribution in [1.29, 1.82) is 0 Å². The molecule has 0 aromatic heterocycles. The summed E-state index contributed by atoms with van der Waals surface area (Å²) in [5.41, 5.74) is 9.09. The zero-order valence-electron chi connectivity index (χ0n) is 13.2. The summed E-state index contributed by atoms with van der Waals surface area (Å²) in [5, 5.41) is 0. The van der Waals surface area contributed by atoms with E-state index in [0.29, 0.717) is 0 Å². The molecule has 0 saturated heterocycles. The Hall–Kier alpha value is -1.80. The first kappa shape index (κ1) is 15.1. The van der Waals surface area contributed by atoms with Gasteiger partial charge in [0, 0.05) is 4.47 Å². The van der Waals surface area contributed by atoms with E-state index in [1.807, 2.05) is 0 Å². The van der Waals surface area contributed by atoms with Gasteiger partial charge in [0.05, 0.1) is 0 Å². The molecule has 0 amide bonds. The molecule has 0 saturated carbocycles. The van der Waals surface area contributed by atoms with Gasteiger partial charge in [-0.3, -0.25) is 0 Å². The Labute approximate surface area is 141 Å². The van der Waals surface area contributed by atoms with Crippen molar-refractivity contribution >= 4 is 29.2 Å². The molecule has 0 N–H and O–H groups in total. The quantitative estimate of drug-likeness (QED) is 0.591. The van der Waals surface area contributed by atoms with Crippen molar-refractivity contribution < 1.29 is 0 Å². The van der Waals surface area contributed by atoms with E-state index in [2.05, 4.69) is 98.3 Å². The third-order valence-electron chi connectivity index (χ3n) is 4.09. The van der Waals surface area contributed by atoms with Gasteiger partial charge in [-0.2, -0.15) is 0 Å². The summed E-state index contributed by atoms with van der Waals surface area (Å²) in [6.07, 6.45) is 0. The van der Waals surface area contributed by atoms with Gasteiger partial charge in [0.25, 0.3) is 0 Å². The second-order valence-electron chi connectivity index (χ2n) is 5.85. The summed E-state index contributed by atoms with van der Waals surface area (Å²) >= 11 is 3.50. The minimum Gasteiger partial charge on any atom is -0.0889 e. The average molecular weight is 349 g/mol. The molecule has 0 fully saturated rings. The molecule has 3 aromatic carbocycles. The molecule has 3 aromatic rings. The highest BCUT2D eigenvalue weighted by molar-refractivity contribution is 9.10. The van der Waals surface area contributed by atoms with Crippen LogP contribution in [-0.4, -0.2) is 7.85 Å². The molecule has 0 spiro atoms. The third kappa shape index (κ3) is 3.03. The van der Waals surface area contributed by atoms with E-state index in [1.165, 1.54) is 38.8 Å². The Bertz CT molecular complexity index is 731. The van der Waals surface area contributed by atoms with Crippen molar-refractivity contribution in [3.63, 3.8) is 0 Å². The Kier molecular flexibility index (Phi) is 4.22. The monoisotopic (exact) mass is 348 g/mol. The van der Waals surface area contributed by atoms with E-state index >= 15 is 0 Å². The Morgan fingerprint density at radius 2 is 1.09 bits per heavy atom. The summed E-state index contributed by atoms with van der Waals surface area (Å²) in [4.78, 5) is 0. The maximum atomic E-state index is 3.50. The highest BCUT2D eigenvalue weighted by atomic mass is 79.9. The molecule has 0 aliphatic rings. The van der Waals surface area contributed by atoms with E-state index in [0.717, 1.165) is 4.47 Å². The van der Waals surface area contributed by atoms with Gasteiger partial charge < -0.3 is 0 Å². The topological polar surface area (TPSA) is 0 Å². The third-order valence-corrected chi connectivity index (χ3v) is 4.62. The fourth-order valence-electron chi connectivity index (χ4n) is 2.80. The second kappa shape index (κ2) is 6.14. The van der Waals surface area contributed by atoms with Gasteiger partial charge in [-0.25, -0.2) is 0 Å². The van der Waals surface area contributed by atoms with Crippen molar-refractivity contribution in [2.45, 2.75) is 13.8 Å². The van der Waals surface area contributed by atoms with Crippen LogP contribution < -0.4 is 5.46 Å². The SMILES string of the molecule is Bc1ccc(-c2cc(C)c(-c3ccc(Br)cc3)cc2C)cc1. The van der Waals surface area contributed by atoms with Crippen LogP contribution in [-0.2, 0) is 0 Å². The first-order valence-electron chi connectivity index (χ1n) is 7.49. The predicted molar refractivity (Wildman–Crippen MR) is 103 cm³/mol. The first-order valence-corrected chi connectivity index (χ1v) is 8.28. The average Bonchev–Trinajstić information content (AvgIpc) is 2.51. The molecule has 22 heavy (non-hydrogen) atoms. The fraction of sp³-hybridized carbons (Fsp3) is 0.100. The number of benzene rings is 3. The van der Waals surface area contributed by atoms with Crippen molar-refractivity contribution in [2.75, 3.05) is 0 Å². The second-order valence-corrected chi connectivity index (χ2v) is 6.77. The zero-order valence-corrected chi connectivity index (χ0v) is 14.7. The fourth-order valence-corrected chi connectivity index (χ4v) is 3.07. The molecular formula is C20H18BBr. The lowest BCUT2D eigenvalue weighted by Crippen LogP contribution is -1.99. The smallest absolute Gasteiger partial charge is 0.0889 e. The summed E-state index contributed by atoms with van der Waals surface area (Å²) in [6, 6.07) is 21.9. The van der Waals surface area contributed by atoms with Gasteiger partial charge in [-0.05, 0) is 59.4 Å². The van der Waals surface area contributed by atoms with Crippen molar-refractivity contribution in [2.24, 2.45) is 0 Å². The van der Waals surface area contributed by atoms with Crippen LogP contribution in [0.3, 0.4) is 0 Å². The van der Waals surface area contributed by atoms with Crippen LogP contribution in [0.15, 0.2) is 65.1 Å². The highest BCUT2D eigenvalue weighted by Gasteiger charge is 2.08. The minimum absolute atomic E-state index is 1.11. The van der Waals surface area contributed by atoms with E-state index in [9.17, 15) is 0 Å². The van der Waals surface area contributed by atoms with E-state index in [4.69, 9.17) is 0 Å². The molecule has 0 unspecified atom stereocenters. The summed E-state index contributed by atoms with van der Waals surface area (Å²) in [7, 11) is 2.12. The number of rotatable bonds is 2. The Morgan fingerprint density at radius 1 is 0.682 bits per heavy atom. The molecule has 0 aliphatic heterocycles. The first-order chi connectivity index (χ1) is 10.5. The van der Waals surface area contributed by atoms with Crippen molar-refractivity contribution in [3.05, 3.63) is 76.3 Å². The molecule has 0 atom stereocenters. The Morgan fingerprint density at radius 3 is 1.55 bits per heavy atom. The van der Waals surface area contributed by atoms with Crippen LogP contribution in [0.5, 0.6) is 0 Å². The molecular weight excluding hydrogens is 331 g/mol. The van der Waals surface area contributed by atoms with E-state index < -0.39 is 0 Å². The van der Waals surface area contributed by atoms with Crippen molar-refractivity contribution in [1.82, 2.24) is 0 Å².